The van der Waals surface area contributed by atoms with Crippen molar-refractivity contribution >= 4 is 11.8 Å². The van der Waals surface area contributed by atoms with Gasteiger partial charge in [0.2, 0.25) is 11.8 Å². The van der Waals surface area contributed by atoms with Crippen LogP contribution in [0.15, 0.2) is 23.4 Å². The van der Waals surface area contributed by atoms with E-state index in [1.807, 2.05) is 13.8 Å². The van der Waals surface area contributed by atoms with Crippen LogP contribution in [0.5, 0.6) is 0 Å². The lowest BCUT2D eigenvalue weighted by Gasteiger charge is -2.32. The Morgan fingerprint density at radius 2 is 2.00 bits per heavy atom. The zero-order valence-corrected chi connectivity index (χ0v) is 17.2. The minimum Gasteiger partial charge on any atom is -0.396 e. The Hall–Kier alpha value is -1.82. The number of carbonyl (C=O) groups excluding carboxylic acids is 2. The van der Waals surface area contributed by atoms with E-state index >= 15 is 0 Å². The summed E-state index contributed by atoms with van der Waals surface area (Å²) >= 11 is 0. The minimum absolute atomic E-state index is 0.0142. The molecule has 1 heterocycles. The highest BCUT2D eigenvalue weighted by molar-refractivity contribution is 5.91. The molecule has 0 spiro atoms. The summed E-state index contributed by atoms with van der Waals surface area (Å²) in [5.74, 6) is -0.505. The van der Waals surface area contributed by atoms with Gasteiger partial charge in [0.05, 0.1) is 5.92 Å². The number of carbonyl (C=O) groups is 2. The van der Waals surface area contributed by atoms with E-state index in [4.69, 9.17) is 0 Å². The summed E-state index contributed by atoms with van der Waals surface area (Å²) in [6.45, 7) is 8.11. The Morgan fingerprint density at radius 1 is 1.26 bits per heavy atom. The Labute approximate surface area is 162 Å². The van der Waals surface area contributed by atoms with Crippen LogP contribution in [0.1, 0.15) is 59.8 Å². The molecule has 4 N–H and O–H groups in total. The summed E-state index contributed by atoms with van der Waals surface area (Å²) in [5.41, 5.74) is 1.08. The molecule has 0 bridgehead atoms. The fourth-order valence-electron chi connectivity index (χ4n) is 3.30. The summed E-state index contributed by atoms with van der Waals surface area (Å²) in [4.78, 5) is 25.3. The summed E-state index contributed by atoms with van der Waals surface area (Å²) in [6.07, 6.45) is 9.55. The molecule has 1 aliphatic carbocycles. The molecule has 1 atom stereocenters. The van der Waals surface area contributed by atoms with Crippen LogP contribution in [0.3, 0.4) is 0 Å². The number of amides is 2. The quantitative estimate of drug-likeness (QED) is 0.570. The van der Waals surface area contributed by atoms with Crippen molar-refractivity contribution in [3.8, 4) is 0 Å². The first-order valence-corrected chi connectivity index (χ1v) is 9.98. The third kappa shape index (κ3) is 6.09. The Bertz CT molecular complexity index is 620. The highest BCUT2D eigenvalue weighted by Gasteiger charge is 2.34. The summed E-state index contributed by atoms with van der Waals surface area (Å²) in [5, 5.41) is 18.5. The molecule has 2 aliphatic rings. The number of hydrogen-bond donors (Lipinski definition) is 4. The Morgan fingerprint density at radius 3 is 2.70 bits per heavy atom. The number of hydrogen-bond acceptors (Lipinski definition) is 4. The van der Waals surface area contributed by atoms with Gasteiger partial charge in [0.15, 0.2) is 0 Å². The zero-order valence-electron chi connectivity index (χ0n) is 17.2. The van der Waals surface area contributed by atoms with E-state index in [9.17, 15) is 14.7 Å². The van der Waals surface area contributed by atoms with Gasteiger partial charge in [0.1, 0.15) is 5.54 Å². The van der Waals surface area contributed by atoms with Gasteiger partial charge in [-0.1, -0.05) is 19.9 Å². The zero-order chi connectivity index (χ0) is 20.1. The van der Waals surface area contributed by atoms with Crippen molar-refractivity contribution in [2.75, 3.05) is 19.7 Å². The van der Waals surface area contributed by atoms with Crippen molar-refractivity contribution in [3.05, 3.63) is 23.4 Å². The molecule has 0 aromatic heterocycles. The lowest BCUT2D eigenvalue weighted by atomic mass is 9.88. The molecule has 0 saturated carbocycles. The van der Waals surface area contributed by atoms with E-state index < -0.39 is 11.0 Å². The minimum atomic E-state index is -1.00. The second kappa shape index (κ2) is 8.91. The first-order chi connectivity index (χ1) is 12.6. The summed E-state index contributed by atoms with van der Waals surface area (Å²) < 4.78 is 0. The van der Waals surface area contributed by atoms with Crippen LogP contribution in [0, 0.1) is 11.3 Å². The topological polar surface area (TPSA) is 90.5 Å². The van der Waals surface area contributed by atoms with Gasteiger partial charge < -0.3 is 21.1 Å². The van der Waals surface area contributed by atoms with Crippen molar-refractivity contribution in [3.63, 3.8) is 0 Å². The Balaban J connectivity index is 1.94. The van der Waals surface area contributed by atoms with Crippen LogP contribution in [-0.4, -0.2) is 42.2 Å². The number of aliphatic hydroxyl groups excluding tert-OH is 1. The van der Waals surface area contributed by atoms with Gasteiger partial charge in [-0.15, -0.1) is 0 Å². The molecule has 152 valence electrons. The first kappa shape index (κ1) is 21.5. The molecule has 27 heavy (non-hydrogen) atoms. The lowest BCUT2D eigenvalue weighted by molar-refractivity contribution is -0.134. The lowest BCUT2D eigenvalue weighted by Crippen LogP contribution is -2.58. The maximum absolute atomic E-state index is 12.8. The molecule has 2 amide bonds. The van der Waals surface area contributed by atoms with Crippen molar-refractivity contribution in [2.45, 2.75) is 65.3 Å². The van der Waals surface area contributed by atoms with Gasteiger partial charge in [0, 0.05) is 30.8 Å². The standard InChI is InChI=1S/C21H35N3O3/c1-20(2,14-25)13-23-19(27)21(3,4)24-18(26)16-11-15-9-7-5-6-8-10-17(15)22-12-16/h8,10,16,22,25H,5-7,9,11-14H2,1-4H3,(H,23,27)(H,24,26)/b10-8-. The third-order valence-corrected chi connectivity index (χ3v) is 5.33. The fourth-order valence-corrected chi connectivity index (χ4v) is 3.30. The van der Waals surface area contributed by atoms with Crippen LogP contribution in [-0.2, 0) is 9.59 Å². The largest absolute Gasteiger partial charge is 0.396 e. The van der Waals surface area contributed by atoms with Crippen molar-refractivity contribution in [2.24, 2.45) is 11.3 Å². The molecule has 6 heteroatoms. The van der Waals surface area contributed by atoms with E-state index in [1.165, 1.54) is 17.7 Å². The molecule has 1 unspecified atom stereocenters. The fraction of sp³-hybridized carbons (Fsp3) is 0.714. The molecule has 0 radical (unpaired) electrons. The summed E-state index contributed by atoms with van der Waals surface area (Å²) in [6, 6.07) is 0. The molecule has 1 aliphatic heterocycles. The predicted octanol–water partition coefficient (Wildman–Crippen LogP) is 2.01. The molecule has 0 fully saturated rings. The van der Waals surface area contributed by atoms with Gasteiger partial charge in [-0.05, 0) is 57.6 Å². The summed E-state index contributed by atoms with van der Waals surface area (Å²) in [7, 11) is 0. The average molecular weight is 378 g/mol. The third-order valence-electron chi connectivity index (χ3n) is 5.33. The second-order valence-electron chi connectivity index (χ2n) is 9.07. The van der Waals surface area contributed by atoms with Crippen molar-refractivity contribution in [1.82, 2.24) is 16.0 Å². The van der Waals surface area contributed by atoms with Crippen LogP contribution in [0.25, 0.3) is 0 Å². The number of allylic oxidation sites excluding steroid dienone is 3. The normalized spacial score (nSPS) is 22.0. The molecule has 0 saturated heterocycles. The maximum Gasteiger partial charge on any atom is 0.245 e. The Kier molecular flexibility index (Phi) is 7.09. The van der Waals surface area contributed by atoms with Gasteiger partial charge in [0.25, 0.3) is 0 Å². The SMILES string of the molecule is CC(C)(CO)CNC(=O)C(C)(C)NC(=O)C1CNC2=C(CCCC/C=C\2)C1. The van der Waals surface area contributed by atoms with E-state index in [1.54, 1.807) is 13.8 Å². The first-order valence-electron chi connectivity index (χ1n) is 9.98. The highest BCUT2D eigenvalue weighted by Crippen LogP contribution is 2.27. The van der Waals surface area contributed by atoms with E-state index in [0.717, 1.165) is 25.7 Å². The maximum atomic E-state index is 12.8. The van der Waals surface area contributed by atoms with Crippen LogP contribution < -0.4 is 16.0 Å². The molecular weight excluding hydrogens is 342 g/mol. The predicted molar refractivity (Wildman–Crippen MR) is 107 cm³/mol. The van der Waals surface area contributed by atoms with E-state index in [0.29, 0.717) is 13.1 Å². The van der Waals surface area contributed by atoms with Gasteiger partial charge in [-0.25, -0.2) is 0 Å². The number of aliphatic hydroxyl groups is 1. The molecule has 2 rings (SSSR count). The van der Waals surface area contributed by atoms with Gasteiger partial charge in [-0.2, -0.15) is 0 Å². The van der Waals surface area contributed by atoms with Crippen LogP contribution in [0.4, 0.5) is 0 Å². The average Bonchev–Trinajstić information content (AvgIpc) is 2.59. The van der Waals surface area contributed by atoms with E-state index in [2.05, 4.69) is 28.1 Å². The molecule has 6 nitrogen and oxygen atoms in total. The van der Waals surface area contributed by atoms with Crippen LogP contribution >= 0.6 is 0 Å². The molecule has 0 aromatic carbocycles. The highest BCUT2D eigenvalue weighted by atomic mass is 16.3. The number of nitrogens with one attached hydrogen (secondary N) is 3. The smallest absolute Gasteiger partial charge is 0.245 e. The monoisotopic (exact) mass is 377 g/mol. The van der Waals surface area contributed by atoms with Crippen molar-refractivity contribution in [1.29, 1.82) is 0 Å². The number of rotatable bonds is 6. The van der Waals surface area contributed by atoms with E-state index in [-0.39, 0.29) is 24.3 Å². The molecule has 0 aromatic rings. The van der Waals surface area contributed by atoms with Gasteiger partial charge in [-0.3, -0.25) is 9.59 Å². The second-order valence-corrected chi connectivity index (χ2v) is 9.07. The van der Waals surface area contributed by atoms with Gasteiger partial charge >= 0.3 is 0 Å². The van der Waals surface area contributed by atoms with Crippen LogP contribution in [0.2, 0.25) is 0 Å². The van der Waals surface area contributed by atoms with Crippen molar-refractivity contribution < 1.29 is 14.7 Å². The molecular formula is C21H35N3O3.